The molecule has 0 saturated carbocycles. The van der Waals surface area contributed by atoms with Gasteiger partial charge in [-0.15, -0.1) is 0 Å². The van der Waals surface area contributed by atoms with Gasteiger partial charge in [-0.3, -0.25) is 9.69 Å². The first-order valence-electron chi connectivity index (χ1n) is 10.5. The van der Waals surface area contributed by atoms with Crippen molar-refractivity contribution in [2.75, 3.05) is 26.2 Å². The van der Waals surface area contributed by atoms with Crippen LogP contribution in [-0.4, -0.2) is 47.2 Å². The summed E-state index contributed by atoms with van der Waals surface area (Å²) in [5.74, 6) is 1.59. The van der Waals surface area contributed by atoms with Crippen molar-refractivity contribution in [2.24, 2.45) is 5.92 Å². The number of likely N-dealkylation sites (tertiary alicyclic amines) is 1. The van der Waals surface area contributed by atoms with Gasteiger partial charge in [0.05, 0.1) is 24.0 Å². The van der Waals surface area contributed by atoms with Crippen LogP contribution in [0.3, 0.4) is 0 Å². The summed E-state index contributed by atoms with van der Waals surface area (Å²) in [6.45, 7) is 2.82. The SMILES string of the molecule is O=C(NCCOc1ccccc1Cl)C1CCCN(Cc2nc(-c3cccc(Cl)c3)no2)C1. The van der Waals surface area contributed by atoms with Gasteiger partial charge in [-0.1, -0.05) is 52.6 Å². The Morgan fingerprint density at radius 1 is 1.22 bits per heavy atom. The van der Waals surface area contributed by atoms with Crippen LogP contribution in [0.2, 0.25) is 10.0 Å². The Kier molecular flexibility index (Phi) is 7.63. The van der Waals surface area contributed by atoms with E-state index in [9.17, 15) is 4.79 Å². The maximum Gasteiger partial charge on any atom is 0.241 e. The molecule has 0 bridgehead atoms. The third kappa shape index (κ3) is 6.00. The van der Waals surface area contributed by atoms with Crippen LogP contribution in [0, 0.1) is 5.92 Å². The van der Waals surface area contributed by atoms with E-state index >= 15 is 0 Å². The molecule has 1 aliphatic rings. The molecule has 1 N–H and O–H groups in total. The average molecular weight is 475 g/mol. The molecule has 1 saturated heterocycles. The summed E-state index contributed by atoms with van der Waals surface area (Å²) in [5, 5.41) is 8.19. The number of aromatic nitrogens is 2. The molecule has 0 spiro atoms. The van der Waals surface area contributed by atoms with E-state index in [1.165, 1.54) is 0 Å². The Labute approximate surface area is 196 Å². The van der Waals surface area contributed by atoms with Crippen molar-refractivity contribution in [2.45, 2.75) is 19.4 Å². The molecule has 2 heterocycles. The zero-order valence-electron chi connectivity index (χ0n) is 17.5. The highest BCUT2D eigenvalue weighted by molar-refractivity contribution is 6.32. The summed E-state index contributed by atoms with van der Waals surface area (Å²) in [7, 11) is 0. The lowest BCUT2D eigenvalue weighted by atomic mass is 9.97. The van der Waals surface area contributed by atoms with Gasteiger partial charge < -0.3 is 14.6 Å². The maximum atomic E-state index is 12.6. The van der Waals surface area contributed by atoms with Crippen LogP contribution in [0.5, 0.6) is 5.75 Å². The first-order valence-corrected chi connectivity index (χ1v) is 11.3. The molecule has 1 unspecified atom stereocenters. The molecule has 168 valence electrons. The second-order valence-corrected chi connectivity index (χ2v) is 8.51. The largest absolute Gasteiger partial charge is 0.490 e. The van der Waals surface area contributed by atoms with Gasteiger partial charge in [0.15, 0.2) is 0 Å². The first-order chi connectivity index (χ1) is 15.6. The summed E-state index contributed by atoms with van der Waals surface area (Å²) in [5.41, 5.74) is 0.808. The van der Waals surface area contributed by atoms with E-state index in [1.54, 1.807) is 24.3 Å². The third-order valence-electron chi connectivity index (χ3n) is 5.28. The Hall–Kier alpha value is -2.61. The minimum absolute atomic E-state index is 0.0302. The number of nitrogens with zero attached hydrogens (tertiary/aromatic N) is 3. The smallest absolute Gasteiger partial charge is 0.241 e. The molecule has 9 heteroatoms. The molecule has 1 fully saturated rings. The number of carbonyl (C=O) groups excluding carboxylic acids is 1. The van der Waals surface area contributed by atoms with E-state index < -0.39 is 0 Å². The Balaban J connectivity index is 1.24. The molecule has 1 aromatic heterocycles. The highest BCUT2D eigenvalue weighted by atomic mass is 35.5. The number of carbonyl (C=O) groups is 1. The molecule has 7 nitrogen and oxygen atoms in total. The van der Waals surface area contributed by atoms with Crippen LogP contribution in [0.4, 0.5) is 0 Å². The Morgan fingerprint density at radius 2 is 2.09 bits per heavy atom. The fourth-order valence-corrected chi connectivity index (χ4v) is 4.09. The van der Waals surface area contributed by atoms with Gasteiger partial charge in [-0.2, -0.15) is 4.98 Å². The standard InChI is InChI=1S/C23H24Cl2N4O3/c24-18-7-3-5-16(13-18)22-27-21(32-28-22)15-29-11-4-6-17(14-29)23(30)26-10-12-31-20-9-2-1-8-19(20)25/h1-3,5,7-9,13,17H,4,6,10-12,14-15H2,(H,26,30). The number of para-hydroxylation sites is 1. The van der Waals surface area contributed by atoms with Crippen LogP contribution >= 0.6 is 23.2 Å². The molecule has 1 atom stereocenters. The van der Waals surface area contributed by atoms with Gasteiger partial charge in [0.2, 0.25) is 17.6 Å². The van der Waals surface area contributed by atoms with E-state index in [2.05, 4.69) is 20.4 Å². The van der Waals surface area contributed by atoms with E-state index in [0.29, 0.717) is 53.8 Å². The average Bonchev–Trinajstić information content (AvgIpc) is 3.26. The van der Waals surface area contributed by atoms with Gasteiger partial charge in [0.1, 0.15) is 12.4 Å². The lowest BCUT2D eigenvalue weighted by Crippen LogP contribution is -2.43. The van der Waals surface area contributed by atoms with Crippen molar-refractivity contribution in [3.05, 3.63) is 64.5 Å². The van der Waals surface area contributed by atoms with Crippen LogP contribution in [0.15, 0.2) is 53.1 Å². The van der Waals surface area contributed by atoms with Crippen molar-refractivity contribution >= 4 is 29.1 Å². The minimum Gasteiger partial charge on any atom is -0.490 e. The van der Waals surface area contributed by atoms with E-state index in [4.69, 9.17) is 32.5 Å². The van der Waals surface area contributed by atoms with Crippen LogP contribution in [-0.2, 0) is 11.3 Å². The molecule has 2 aromatic carbocycles. The molecule has 3 aromatic rings. The molecule has 4 rings (SSSR count). The summed E-state index contributed by atoms with van der Waals surface area (Å²) >= 11 is 12.1. The Morgan fingerprint density at radius 3 is 2.94 bits per heavy atom. The Bertz CT molecular complexity index is 1060. The van der Waals surface area contributed by atoms with Crippen molar-refractivity contribution in [3.63, 3.8) is 0 Å². The second kappa shape index (κ2) is 10.8. The monoisotopic (exact) mass is 474 g/mol. The lowest BCUT2D eigenvalue weighted by molar-refractivity contribution is -0.126. The first kappa shape index (κ1) is 22.6. The van der Waals surface area contributed by atoms with Crippen molar-refractivity contribution in [1.82, 2.24) is 20.4 Å². The fourth-order valence-electron chi connectivity index (χ4n) is 3.71. The van der Waals surface area contributed by atoms with Crippen molar-refractivity contribution in [1.29, 1.82) is 0 Å². The zero-order valence-corrected chi connectivity index (χ0v) is 19.0. The number of halogens is 2. The van der Waals surface area contributed by atoms with E-state index in [-0.39, 0.29) is 11.8 Å². The van der Waals surface area contributed by atoms with Gasteiger partial charge in [-0.05, 0) is 43.7 Å². The molecule has 1 amide bonds. The van der Waals surface area contributed by atoms with E-state index in [1.807, 2.05) is 24.3 Å². The number of nitrogens with one attached hydrogen (secondary N) is 1. The highest BCUT2D eigenvalue weighted by Gasteiger charge is 2.26. The number of hydrogen-bond acceptors (Lipinski definition) is 6. The van der Waals surface area contributed by atoms with E-state index in [0.717, 1.165) is 24.9 Å². The van der Waals surface area contributed by atoms with Crippen LogP contribution in [0.1, 0.15) is 18.7 Å². The summed E-state index contributed by atoms with van der Waals surface area (Å²) < 4.78 is 11.0. The number of rotatable bonds is 8. The fraction of sp³-hybridized carbons (Fsp3) is 0.348. The van der Waals surface area contributed by atoms with Crippen molar-refractivity contribution in [3.8, 4) is 17.1 Å². The summed E-state index contributed by atoms with van der Waals surface area (Å²) in [6.07, 6.45) is 1.79. The molecule has 1 aliphatic heterocycles. The molecule has 0 radical (unpaired) electrons. The maximum absolute atomic E-state index is 12.6. The summed E-state index contributed by atoms with van der Waals surface area (Å²) in [4.78, 5) is 19.3. The predicted octanol–water partition coefficient (Wildman–Crippen LogP) is 4.45. The van der Waals surface area contributed by atoms with Crippen LogP contribution in [0.25, 0.3) is 11.4 Å². The third-order valence-corrected chi connectivity index (χ3v) is 5.83. The molecular formula is C23H24Cl2N4O3. The molecule has 0 aliphatic carbocycles. The van der Waals surface area contributed by atoms with Crippen LogP contribution < -0.4 is 10.1 Å². The predicted molar refractivity (Wildman–Crippen MR) is 123 cm³/mol. The van der Waals surface area contributed by atoms with Crippen molar-refractivity contribution < 1.29 is 14.1 Å². The number of benzene rings is 2. The van der Waals surface area contributed by atoms with Gasteiger partial charge in [0.25, 0.3) is 0 Å². The number of ether oxygens (including phenoxy) is 1. The van der Waals surface area contributed by atoms with Gasteiger partial charge in [-0.25, -0.2) is 0 Å². The number of piperidine rings is 1. The van der Waals surface area contributed by atoms with Gasteiger partial charge >= 0.3 is 0 Å². The molecule has 32 heavy (non-hydrogen) atoms. The van der Waals surface area contributed by atoms with Gasteiger partial charge in [0, 0.05) is 17.1 Å². The number of amides is 1. The zero-order chi connectivity index (χ0) is 22.3. The number of hydrogen-bond donors (Lipinski definition) is 1. The second-order valence-electron chi connectivity index (χ2n) is 7.67. The highest BCUT2D eigenvalue weighted by Crippen LogP contribution is 2.23. The topological polar surface area (TPSA) is 80.5 Å². The summed E-state index contributed by atoms with van der Waals surface area (Å²) in [6, 6.07) is 14.6. The minimum atomic E-state index is -0.0839. The normalized spacial score (nSPS) is 16.6. The quantitative estimate of drug-likeness (QED) is 0.485. The lowest BCUT2D eigenvalue weighted by Gasteiger charge is -2.30. The molecular weight excluding hydrogens is 451 g/mol.